The van der Waals surface area contributed by atoms with Gasteiger partial charge in [-0.1, -0.05) is 0 Å². The first kappa shape index (κ1) is 21.0. The fourth-order valence-electron chi connectivity index (χ4n) is 2.19. The van der Waals surface area contributed by atoms with Crippen molar-refractivity contribution < 1.29 is 22.0 Å². The number of aryl methyl sites for hydroxylation is 2. The molecule has 27 heavy (non-hydrogen) atoms. The summed E-state index contributed by atoms with van der Waals surface area (Å²) in [5.74, 6) is -3.29. The summed E-state index contributed by atoms with van der Waals surface area (Å²) < 4.78 is 65.6. The van der Waals surface area contributed by atoms with Crippen LogP contribution in [0.2, 0.25) is 0 Å². The van der Waals surface area contributed by atoms with Crippen molar-refractivity contribution in [2.45, 2.75) is 20.0 Å². The smallest absolute Gasteiger partial charge is 0.256 e. The number of rotatable bonds is 1. The summed E-state index contributed by atoms with van der Waals surface area (Å²) in [5, 5.41) is 0. The van der Waals surface area contributed by atoms with E-state index in [2.05, 4.69) is 25.9 Å². The lowest BCUT2D eigenvalue weighted by Gasteiger charge is -2.12. The topological polar surface area (TPSA) is 25.8 Å². The first-order chi connectivity index (χ1) is 12.6. The summed E-state index contributed by atoms with van der Waals surface area (Å²) in [7, 11) is 0. The van der Waals surface area contributed by atoms with Crippen LogP contribution in [0.3, 0.4) is 0 Å². The molecule has 2 nitrogen and oxygen atoms in total. The summed E-state index contributed by atoms with van der Waals surface area (Å²) in [4.78, 5) is 7.75. The van der Waals surface area contributed by atoms with E-state index in [9.17, 15) is 22.0 Å². The lowest BCUT2D eigenvalue weighted by molar-refractivity contribution is -0.142. The van der Waals surface area contributed by atoms with Crippen LogP contribution in [0.15, 0.2) is 53.4 Å². The van der Waals surface area contributed by atoms with Crippen LogP contribution in [0, 0.1) is 25.5 Å². The molecule has 0 N–H and O–H groups in total. The Bertz CT molecular complexity index is 924. The predicted molar refractivity (Wildman–Crippen MR) is 96.0 cm³/mol. The molecule has 0 saturated heterocycles. The van der Waals surface area contributed by atoms with Crippen LogP contribution in [0.25, 0.3) is 11.3 Å². The SMILES string of the molecule is Cc1ccnc(-c2ccc(F)c(C(F)(F)F)c2F)c1.Cc1ccnc(Br)c1. The van der Waals surface area contributed by atoms with E-state index >= 15 is 0 Å². The average Bonchev–Trinajstić information content (AvgIpc) is 2.54. The van der Waals surface area contributed by atoms with Gasteiger partial charge in [0.1, 0.15) is 21.8 Å². The van der Waals surface area contributed by atoms with Crippen molar-refractivity contribution in [1.82, 2.24) is 9.97 Å². The second kappa shape index (κ2) is 8.56. The molecule has 142 valence electrons. The van der Waals surface area contributed by atoms with Crippen LogP contribution < -0.4 is 0 Å². The van der Waals surface area contributed by atoms with Crippen molar-refractivity contribution in [3.05, 3.63) is 81.7 Å². The Kier molecular flexibility index (Phi) is 6.64. The number of nitrogens with zero attached hydrogens (tertiary/aromatic N) is 2. The third-order valence-electron chi connectivity index (χ3n) is 3.45. The molecule has 0 fully saturated rings. The molecular formula is C19H14BrF5N2. The van der Waals surface area contributed by atoms with Gasteiger partial charge in [0.05, 0.1) is 5.69 Å². The van der Waals surface area contributed by atoms with Crippen molar-refractivity contribution in [3.8, 4) is 11.3 Å². The van der Waals surface area contributed by atoms with Crippen LogP contribution >= 0.6 is 15.9 Å². The van der Waals surface area contributed by atoms with Gasteiger partial charge in [0.2, 0.25) is 0 Å². The molecule has 0 radical (unpaired) electrons. The molecule has 0 spiro atoms. The summed E-state index contributed by atoms with van der Waals surface area (Å²) in [6.45, 7) is 3.73. The summed E-state index contributed by atoms with van der Waals surface area (Å²) in [6, 6.07) is 8.52. The van der Waals surface area contributed by atoms with E-state index < -0.39 is 23.4 Å². The maximum Gasteiger partial charge on any atom is 0.422 e. The third kappa shape index (κ3) is 5.56. The monoisotopic (exact) mass is 444 g/mol. The Labute approximate surface area is 161 Å². The number of hydrogen-bond acceptors (Lipinski definition) is 2. The highest BCUT2D eigenvalue weighted by Gasteiger charge is 2.38. The molecule has 0 unspecified atom stereocenters. The maximum atomic E-state index is 13.8. The van der Waals surface area contributed by atoms with Gasteiger partial charge in [-0.3, -0.25) is 4.98 Å². The molecule has 0 saturated carbocycles. The highest BCUT2D eigenvalue weighted by atomic mass is 79.9. The first-order valence-corrected chi connectivity index (χ1v) is 8.45. The fourth-order valence-corrected chi connectivity index (χ4v) is 2.67. The zero-order valence-electron chi connectivity index (χ0n) is 14.3. The molecular weight excluding hydrogens is 431 g/mol. The van der Waals surface area contributed by atoms with Gasteiger partial charge < -0.3 is 0 Å². The van der Waals surface area contributed by atoms with Gasteiger partial charge >= 0.3 is 6.18 Å². The van der Waals surface area contributed by atoms with Gasteiger partial charge in [-0.15, -0.1) is 0 Å². The summed E-state index contributed by atoms with van der Waals surface area (Å²) in [5.41, 5.74) is -0.303. The lowest BCUT2D eigenvalue weighted by atomic mass is 10.0. The molecule has 0 aliphatic carbocycles. The number of alkyl halides is 3. The van der Waals surface area contributed by atoms with Gasteiger partial charge in [0.15, 0.2) is 0 Å². The minimum atomic E-state index is -5.09. The Morgan fingerprint density at radius 2 is 1.44 bits per heavy atom. The second-order valence-corrected chi connectivity index (χ2v) is 6.47. The van der Waals surface area contributed by atoms with E-state index in [0.717, 1.165) is 10.7 Å². The van der Waals surface area contributed by atoms with Gasteiger partial charge in [0.25, 0.3) is 0 Å². The number of halogens is 6. The Hall–Kier alpha value is -2.35. The van der Waals surface area contributed by atoms with Crippen LogP contribution in [-0.4, -0.2) is 9.97 Å². The molecule has 3 rings (SSSR count). The molecule has 0 aliphatic heterocycles. The molecule has 0 bridgehead atoms. The van der Waals surface area contributed by atoms with E-state index in [4.69, 9.17) is 0 Å². The van der Waals surface area contributed by atoms with Crippen molar-refractivity contribution in [2.24, 2.45) is 0 Å². The number of benzene rings is 1. The Balaban J connectivity index is 0.000000273. The summed E-state index contributed by atoms with van der Waals surface area (Å²) in [6.07, 6.45) is -1.96. The van der Waals surface area contributed by atoms with E-state index in [0.29, 0.717) is 11.6 Å². The molecule has 2 aromatic heterocycles. The molecule has 0 amide bonds. The van der Waals surface area contributed by atoms with E-state index in [1.54, 1.807) is 19.2 Å². The first-order valence-electron chi connectivity index (χ1n) is 7.66. The van der Waals surface area contributed by atoms with Crippen LogP contribution in [0.1, 0.15) is 16.7 Å². The van der Waals surface area contributed by atoms with Crippen LogP contribution in [0.4, 0.5) is 22.0 Å². The molecule has 8 heteroatoms. The molecule has 0 aliphatic rings. The fraction of sp³-hybridized carbons (Fsp3) is 0.158. The molecule has 3 aromatic rings. The highest BCUT2D eigenvalue weighted by Crippen LogP contribution is 2.37. The summed E-state index contributed by atoms with van der Waals surface area (Å²) >= 11 is 3.25. The molecule has 0 atom stereocenters. The lowest BCUT2D eigenvalue weighted by Crippen LogP contribution is -2.12. The van der Waals surface area contributed by atoms with Gasteiger partial charge in [-0.25, -0.2) is 13.8 Å². The standard InChI is InChI=1S/C13H8F5N.C6H6BrN/c1-7-4-5-19-10(6-7)8-2-3-9(14)11(12(8)15)13(16,17)18;1-5-2-3-8-6(7)4-5/h2-6H,1H3;2-4H,1H3. The molecule has 1 aromatic carbocycles. The largest absolute Gasteiger partial charge is 0.422 e. The number of hydrogen-bond donors (Lipinski definition) is 0. The quantitative estimate of drug-likeness (QED) is 0.316. The van der Waals surface area contributed by atoms with Crippen molar-refractivity contribution in [2.75, 3.05) is 0 Å². The zero-order chi connectivity index (χ0) is 20.2. The van der Waals surface area contributed by atoms with Crippen molar-refractivity contribution in [3.63, 3.8) is 0 Å². The van der Waals surface area contributed by atoms with Gasteiger partial charge in [0, 0.05) is 18.0 Å². The van der Waals surface area contributed by atoms with Crippen LogP contribution in [0.5, 0.6) is 0 Å². The normalized spacial score (nSPS) is 11.0. The minimum absolute atomic E-state index is 0.0306. The maximum absolute atomic E-state index is 13.8. The highest BCUT2D eigenvalue weighted by molar-refractivity contribution is 9.10. The Morgan fingerprint density at radius 1 is 0.852 bits per heavy atom. The predicted octanol–water partition coefficient (Wildman–Crippen LogP) is 6.51. The van der Waals surface area contributed by atoms with Crippen molar-refractivity contribution in [1.29, 1.82) is 0 Å². The number of pyridine rings is 2. The van der Waals surface area contributed by atoms with E-state index in [-0.39, 0.29) is 11.3 Å². The second-order valence-electron chi connectivity index (χ2n) is 5.66. The van der Waals surface area contributed by atoms with Gasteiger partial charge in [-0.2, -0.15) is 13.2 Å². The third-order valence-corrected chi connectivity index (χ3v) is 3.88. The Morgan fingerprint density at radius 3 is 1.93 bits per heavy atom. The minimum Gasteiger partial charge on any atom is -0.256 e. The average molecular weight is 445 g/mol. The van der Waals surface area contributed by atoms with E-state index in [1.807, 2.05) is 19.1 Å². The number of aromatic nitrogens is 2. The van der Waals surface area contributed by atoms with Crippen LogP contribution in [-0.2, 0) is 6.18 Å². The van der Waals surface area contributed by atoms with Gasteiger partial charge in [-0.05, 0) is 77.3 Å². The zero-order valence-corrected chi connectivity index (χ0v) is 15.9. The van der Waals surface area contributed by atoms with Crippen molar-refractivity contribution >= 4 is 15.9 Å². The van der Waals surface area contributed by atoms with E-state index in [1.165, 1.54) is 17.8 Å². The molecule has 2 heterocycles.